The minimum atomic E-state index is -0.105. The Balaban J connectivity index is 2.10. The van der Waals surface area contributed by atoms with Crippen molar-refractivity contribution in [3.63, 3.8) is 0 Å². The molecule has 1 unspecified atom stereocenters. The van der Waals surface area contributed by atoms with E-state index < -0.39 is 0 Å². The third kappa shape index (κ3) is 3.52. The second kappa shape index (κ2) is 6.30. The van der Waals surface area contributed by atoms with E-state index in [1.165, 1.54) is 25.3 Å². The fraction of sp³-hybridized carbons (Fsp3) is 0.538. The van der Waals surface area contributed by atoms with Crippen molar-refractivity contribution in [3.8, 4) is 0 Å². The Morgan fingerprint density at radius 1 is 1.35 bits per heavy atom. The largest absolute Gasteiger partial charge is 0.295 e. The van der Waals surface area contributed by atoms with Crippen molar-refractivity contribution in [2.24, 2.45) is 0 Å². The molecule has 1 aromatic rings. The maximum absolute atomic E-state index is 13.7. The van der Waals surface area contributed by atoms with Gasteiger partial charge in [-0.2, -0.15) is 0 Å². The second-order valence-electron chi connectivity index (χ2n) is 4.51. The first kappa shape index (κ1) is 13.5. The maximum atomic E-state index is 13.7. The Kier molecular flexibility index (Phi) is 5.00. The Morgan fingerprint density at radius 3 is 2.94 bits per heavy atom. The van der Waals surface area contributed by atoms with Crippen LogP contribution in [0.2, 0.25) is 0 Å². The highest BCUT2D eigenvalue weighted by atomic mass is 79.9. The van der Waals surface area contributed by atoms with Crippen molar-refractivity contribution in [2.75, 3.05) is 11.9 Å². The van der Waals surface area contributed by atoms with E-state index in [0.29, 0.717) is 12.6 Å². The fourth-order valence-corrected chi connectivity index (χ4v) is 3.47. The summed E-state index contributed by atoms with van der Waals surface area (Å²) in [5, 5.41) is 0.975. The van der Waals surface area contributed by atoms with Crippen LogP contribution >= 0.6 is 31.9 Å². The quantitative estimate of drug-likeness (QED) is 0.721. The molecule has 1 nitrogen and oxygen atoms in total. The van der Waals surface area contributed by atoms with Crippen molar-refractivity contribution in [1.29, 1.82) is 0 Å². The van der Waals surface area contributed by atoms with E-state index in [2.05, 4.69) is 36.8 Å². The lowest BCUT2D eigenvalue weighted by Crippen LogP contribution is -2.40. The van der Waals surface area contributed by atoms with Gasteiger partial charge < -0.3 is 0 Å². The highest BCUT2D eigenvalue weighted by Crippen LogP contribution is 2.23. The zero-order chi connectivity index (χ0) is 12.3. The van der Waals surface area contributed by atoms with Crippen LogP contribution in [0.1, 0.15) is 24.8 Å². The molecule has 0 saturated carbocycles. The lowest BCUT2D eigenvalue weighted by atomic mass is 10.0. The standard InChI is InChI=1S/C13H16Br2FN/c14-8-12-3-1-2-6-17(12)9-10-7-11(15)4-5-13(10)16/h4-5,7,12H,1-3,6,8-9H2. The number of hydrogen-bond acceptors (Lipinski definition) is 1. The van der Waals surface area contributed by atoms with Crippen molar-refractivity contribution in [1.82, 2.24) is 4.90 Å². The van der Waals surface area contributed by atoms with Gasteiger partial charge in [-0.25, -0.2) is 4.39 Å². The van der Waals surface area contributed by atoms with E-state index in [9.17, 15) is 4.39 Å². The molecular formula is C13H16Br2FN. The molecule has 1 aliphatic rings. The zero-order valence-corrected chi connectivity index (χ0v) is 12.8. The first-order chi connectivity index (χ1) is 8.20. The van der Waals surface area contributed by atoms with Gasteiger partial charge in [-0.15, -0.1) is 0 Å². The summed E-state index contributed by atoms with van der Waals surface area (Å²) in [5.74, 6) is -0.105. The van der Waals surface area contributed by atoms with Crippen LogP contribution in [0.3, 0.4) is 0 Å². The fourth-order valence-electron chi connectivity index (χ4n) is 2.33. The lowest BCUT2D eigenvalue weighted by molar-refractivity contribution is 0.155. The van der Waals surface area contributed by atoms with Gasteiger partial charge in [-0.05, 0) is 37.6 Å². The van der Waals surface area contributed by atoms with Crippen LogP contribution in [0.15, 0.2) is 22.7 Å². The first-order valence-corrected chi connectivity index (χ1v) is 7.86. The second-order valence-corrected chi connectivity index (χ2v) is 6.07. The van der Waals surface area contributed by atoms with Crippen molar-refractivity contribution < 1.29 is 4.39 Å². The molecular weight excluding hydrogens is 349 g/mol. The molecule has 0 bridgehead atoms. The van der Waals surface area contributed by atoms with Crippen molar-refractivity contribution in [2.45, 2.75) is 31.8 Å². The predicted octanol–water partition coefficient (Wildman–Crippen LogP) is 4.34. The number of alkyl halides is 1. The van der Waals surface area contributed by atoms with Gasteiger partial charge in [0, 0.05) is 28.0 Å². The smallest absolute Gasteiger partial charge is 0.127 e. The number of hydrogen-bond donors (Lipinski definition) is 0. The molecule has 0 aliphatic carbocycles. The number of benzene rings is 1. The lowest BCUT2D eigenvalue weighted by Gasteiger charge is -2.34. The summed E-state index contributed by atoms with van der Waals surface area (Å²) in [7, 11) is 0. The highest BCUT2D eigenvalue weighted by molar-refractivity contribution is 9.10. The van der Waals surface area contributed by atoms with Gasteiger partial charge in [0.2, 0.25) is 0 Å². The maximum Gasteiger partial charge on any atom is 0.127 e. The molecule has 0 N–H and O–H groups in total. The minimum Gasteiger partial charge on any atom is -0.295 e. The van der Waals surface area contributed by atoms with Crippen LogP contribution in [0, 0.1) is 5.82 Å². The van der Waals surface area contributed by atoms with Crippen LogP contribution < -0.4 is 0 Å². The molecule has 17 heavy (non-hydrogen) atoms. The Bertz CT molecular complexity index is 384. The van der Waals surface area contributed by atoms with Gasteiger partial charge in [0.1, 0.15) is 5.82 Å². The van der Waals surface area contributed by atoms with Crippen molar-refractivity contribution in [3.05, 3.63) is 34.1 Å². The third-order valence-corrected chi connectivity index (χ3v) is 4.55. The van der Waals surface area contributed by atoms with Gasteiger partial charge in [-0.3, -0.25) is 4.90 Å². The van der Waals surface area contributed by atoms with E-state index in [-0.39, 0.29) is 5.82 Å². The summed E-state index contributed by atoms with van der Waals surface area (Å²) in [6.45, 7) is 1.78. The van der Waals surface area contributed by atoms with E-state index in [0.717, 1.165) is 21.9 Å². The number of halogens is 3. The molecule has 1 aromatic carbocycles. The normalized spacial score (nSPS) is 21.7. The molecule has 0 spiro atoms. The number of piperidine rings is 1. The number of nitrogens with zero attached hydrogens (tertiary/aromatic N) is 1. The molecule has 4 heteroatoms. The molecule has 0 aromatic heterocycles. The Hall–Kier alpha value is 0.0700. The summed E-state index contributed by atoms with van der Waals surface area (Å²) in [6, 6.07) is 5.71. The van der Waals surface area contributed by atoms with E-state index in [4.69, 9.17) is 0 Å². The molecule has 1 atom stereocenters. The molecule has 1 aliphatic heterocycles. The van der Waals surface area contributed by atoms with Crippen LogP contribution in [-0.2, 0) is 6.54 Å². The van der Waals surface area contributed by atoms with E-state index >= 15 is 0 Å². The number of likely N-dealkylation sites (tertiary alicyclic amines) is 1. The van der Waals surface area contributed by atoms with Crippen molar-refractivity contribution >= 4 is 31.9 Å². The summed E-state index contributed by atoms with van der Waals surface area (Å²) in [4.78, 5) is 2.38. The van der Waals surface area contributed by atoms with Crippen LogP contribution in [-0.4, -0.2) is 22.8 Å². The third-order valence-electron chi connectivity index (χ3n) is 3.31. The minimum absolute atomic E-state index is 0.105. The van der Waals surface area contributed by atoms with Gasteiger partial charge in [0.15, 0.2) is 0 Å². The zero-order valence-electron chi connectivity index (χ0n) is 9.63. The van der Waals surface area contributed by atoms with E-state index in [1.807, 2.05) is 6.07 Å². The van der Waals surface area contributed by atoms with Gasteiger partial charge in [0.05, 0.1) is 0 Å². The van der Waals surface area contributed by atoms with Gasteiger partial charge >= 0.3 is 0 Å². The average Bonchev–Trinajstić information content (AvgIpc) is 2.34. The summed E-state index contributed by atoms with van der Waals surface area (Å²) >= 11 is 6.95. The molecule has 94 valence electrons. The summed E-state index contributed by atoms with van der Waals surface area (Å²) < 4.78 is 14.6. The summed E-state index contributed by atoms with van der Waals surface area (Å²) in [5.41, 5.74) is 0.784. The molecule has 2 rings (SSSR count). The topological polar surface area (TPSA) is 3.24 Å². The highest BCUT2D eigenvalue weighted by Gasteiger charge is 2.22. The number of rotatable bonds is 3. The SMILES string of the molecule is Fc1ccc(Br)cc1CN1CCCCC1CBr. The average molecular weight is 365 g/mol. The van der Waals surface area contributed by atoms with Crippen LogP contribution in [0.4, 0.5) is 4.39 Å². The van der Waals surface area contributed by atoms with Crippen LogP contribution in [0.25, 0.3) is 0 Å². The molecule has 1 fully saturated rings. The molecule has 0 amide bonds. The van der Waals surface area contributed by atoms with Crippen LogP contribution in [0.5, 0.6) is 0 Å². The monoisotopic (exact) mass is 363 g/mol. The molecule has 1 heterocycles. The van der Waals surface area contributed by atoms with Gasteiger partial charge in [-0.1, -0.05) is 38.3 Å². The Morgan fingerprint density at radius 2 is 2.18 bits per heavy atom. The predicted molar refractivity (Wildman–Crippen MR) is 75.9 cm³/mol. The molecule has 1 saturated heterocycles. The van der Waals surface area contributed by atoms with Gasteiger partial charge in [0.25, 0.3) is 0 Å². The van der Waals surface area contributed by atoms with E-state index in [1.54, 1.807) is 6.07 Å². The summed E-state index contributed by atoms with van der Waals surface area (Å²) in [6.07, 6.45) is 3.72. The Labute approximate surface area is 119 Å². The first-order valence-electron chi connectivity index (χ1n) is 5.94. The molecule has 0 radical (unpaired) electrons.